The molecule has 18 heavy (non-hydrogen) atoms. The van der Waals surface area contributed by atoms with Crippen LogP contribution < -0.4 is 10.5 Å². The third kappa shape index (κ3) is 3.26. The summed E-state index contributed by atoms with van der Waals surface area (Å²) in [5, 5.41) is 0. The number of nitrogens with two attached hydrogens (primary N) is 1. The molecule has 0 fully saturated rings. The first-order valence-corrected chi connectivity index (χ1v) is 6.74. The predicted molar refractivity (Wildman–Crippen MR) is 78.7 cm³/mol. The van der Waals surface area contributed by atoms with Gasteiger partial charge in [0.05, 0.1) is 0 Å². The van der Waals surface area contributed by atoms with Gasteiger partial charge >= 0.3 is 0 Å². The van der Waals surface area contributed by atoms with Gasteiger partial charge in [0.25, 0.3) is 0 Å². The molecule has 2 N–H and O–H groups in total. The zero-order chi connectivity index (χ0) is 13.0. The summed E-state index contributed by atoms with van der Waals surface area (Å²) in [7, 11) is 0. The van der Waals surface area contributed by atoms with Gasteiger partial charge in [-0.3, -0.25) is 0 Å². The Bertz CT molecular complexity index is 523. The molecule has 94 valence electrons. The normalized spacial score (nSPS) is 10.3. The second-order valence-electron chi connectivity index (χ2n) is 4.14. The van der Waals surface area contributed by atoms with Crippen LogP contribution in [0.5, 0.6) is 5.75 Å². The fourth-order valence-electron chi connectivity index (χ4n) is 1.66. The number of aryl methyl sites for hydroxylation is 1. The SMILES string of the molecule is CCc1ccc(OCc2ccc(N)cc2Br)cc1. The van der Waals surface area contributed by atoms with Crippen molar-refractivity contribution in [2.45, 2.75) is 20.0 Å². The molecule has 0 atom stereocenters. The van der Waals surface area contributed by atoms with Crippen LogP contribution in [0.15, 0.2) is 46.9 Å². The van der Waals surface area contributed by atoms with Crippen molar-refractivity contribution in [1.29, 1.82) is 0 Å². The summed E-state index contributed by atoms with van der Waals surface area (Å²) in [6.07, 6.45) is 1.05. The first kappa shape index (κ1) is 13.0. The van der Waals surface area contributed by atoms with Crippen molar-refractivity contribution in [3.63, 3.8) is 0 Å². The fourth-order valence-corrected chi connectivity index (χ4v) is 2.17. The Morgan fingerprint density at radius 2 is 1.83 bits per heavy atom. The maximum absolute atomic E-state index is 5.74. The van der Waals surface area contributed by atoms with Crippen LogP contribution in [0.2, 0.25) is 0 Å². The van der Waals surface area contributed by atoms with Crippen LogP contribution in [0.1, 0.15) is 18.1 Å². The molecule has 2 nitrogen and oxygen atoms in total. The van der Waals surface area contributed by atoms with E-state index < -0.39 is 0 Å². The standard InChI is InChI=1S/C15H16BrNO/c1-2-11-3-7-14(8-4-11)18-10-12-5-6-13(17)9-15(12)16/h3-9H,2,10,17H2,1H3. The highest BCUT2D eigenvalue weighted by Crippen LogP contribution is 2.22. The molecule has 0 aliphatic carbocycles. The van der Waals surface area contributed by atoms with E-state index in [4.69, 9.17) is 10.5 Å². The number of benzene rings is 2. The van der Waals surface area contributed by atoms with E-state index in [9.17, 15) is 0 Å². The lowest BCUT2D eigenvalue weighted by molar-refractivity contribution is 0.305. The monoisotopic (exact) mass is 305 g/mol. The Morgan fingerprint density at radius 3 is 2.44 bits per heavy atom. The van der Waals surface area contributed by atoms with E-state index in [-0.39, 0.29) is 0 Å². The average molecular weight is 306 g/mol. The van der Waals surface area contributed by atoms with Crippen molar-refractivity contribution in [3.8, 4) is 5.75 Å². The molecule has 2 rings (SSSR count). The summed E-state index contributed by atoms with van der Waals surface area (Å²) in [6, 6.07) is 13.9. The van der Waals surface area contributed by atoms with Crippen molar-refractivity contribution in [2.24, 2.45) is 0 Å². The van der Waals surface area contributed by atoms with Crippen molar-refractivity contribution < 1.29 is 4.74 Å². The van der Waals surface area contributed by atoms with Gasteiger partial charge < -0.3 is 10.5 Å². The molecule has 0 unspecified atom stereocenters. The first-order chi connectivity index (χ1) is 8.69. The van der Waals surface area contributed by atoms with E-state index in [2.05, 4.69) is 35.0 Å². The molecule has 0 spiro atoms. The smallest absolute Gasteiger partial charge is 0.119 e. The Kier molecular flexibility index (Phi) is 4.26. The first-order valence-electron chi connectivity index (χ1n) is 5.94. The summed E-state index contributed by atoms with van der Waals surface area (Å²) in [4.78, 5) is 0. The van der Waals surface area contributed by atoms with Crippen molar-refractivity contribution >= 4 is 21.6 Å². The molecule has 0 radical (unpaired) electrons. The van der Waals surface area contributed by atoms with Crippen LogP contribution in [-0.2, 0) is 13.0 Å². The molecular formula is C15H16BrNO. The molecule has 0 aliphatic heterocycles. The van der Waals surface area contributed by atoms with Crippen molar-refractivity contribution in [1.82, 2.24) is 0 Å². The van der Waals surface area contributed by atoms with Gasteiger partial charge in [0.2, 0.25) is 0 Å². The Hall–Kier alpha value is -1.48. The van der Waals surface area contributed by atoms with Crippen LogP contribution in [0.4, 0.5) is 5.69 Å². The van der Waals surface area contributed by atoms with Gasteiger partial charge in [-0.25, -0.2) is 0 Å². The molecule has 0 amide bonds. The Balaban J connectivity index is 2.02. The maximum Gasteiger partial charge on any atom is 0.119 e. The molecule has 0 heterocycles. The number of hydrogen-bond acceptors (Lipinski definition) is 2. The highest BCUT2D eigenvalue weighted by Gasteiger charge is 2.01. The molecular weight excluding hydrogens is 290 g/mol. The zero-order valence-electron chi connectivity index (χ0n) is 10.3. The molecule has 2 aromatic carbocycles. The Labute approximate surface area is 116 Å². The third-order valence-corrected chi connectivity index (χ3v) is 3.54. The van der Waals surface area contributed by atoms with Gasteiger partial charge in [-0.1, -0.05) is 41.1 Å². The van der Waals surface area contributed by atoms with Gasteiger partial charge in [-0.15, -0.1) is 0 Å². The van der Waals surface area contributed by atoms with Gasteiger partial charge in [-0.2, -0.15) is 0 Å². The lowest BCUT2D eigenvalue weighted by Gasteiger charge is -2.09. The molecule has 0 saturated heterocycles. The van der Waals surface area contributed by atoms with Crippen molar-refractivity contribution in [2.75, 3.05) is 5.73 Å². The molecule has 0 aromatic heterocycles. The quantitative estimate of drug-likeness (QED) is 0.860. The van der Waals surface area contributed by atoms with Gasteiger partial charge in [0.15, 0.2) is 0 Å². The lowest BCUT2D eigenvalue weighted by Crippen LogP contribution is -1.97. The summed E-state index contributed by atoms with van der Waals surface area (Å²) < 4.78 is 6.72. The summed E-state index contributed by atoms with van der Waals surface area (Å²) >= 11 is 3.48. The minimum Gasteiger partial charge on any atom is -0.489 e. The number of anilines is 1. The molecule has 0 aliphatic rings. The number of hydrogen-bond donors (Lipinski definition) is 1. The molecule has 2 aromatic rings. The maximum atomic E-state index is 5.74. The molecule has 0 bridgehead atoms. The highest BCUT2D eigenvalue weighted by molar-refractivity contribution is 9.10. The minimum absolute atomic E-state index is 0.534. The van der Waals surface area contributed by atoms with E-state index in [1.54, 1.807) is 0 Å². The summed E-state index contributed by atoms with van der Waals surface area (Å²) in [5.41, 5.74) is 8.85. The molecule has 3 heteroatoms. The van der Waals surface area contributed by atoms with E-state index in [1.165, 1.54) is 5.56 Å². The number of halogens is 1. The largest absolute Gasteiger partial charge is 0.489 e. The van der Waals surface area contributed by atoms with Crippen LogP contribution >= 0.6 is 15.9 Å². The van der Waals surface area contributed by atoms with Crippen molar-refractivity contribution in [3.05, 3.63) is 58.1 Å². The summed E-state index contributed by atoms with van der Waals surface area (Å²) in [5.74, 6) is 0.885. The third-order valence-electron chi connectivity index (χ3n) is 2.80. The molecule has 0 saturated carbocycles. The lowest BCUT2D eigenvalue weighted by atomic mass is 10.2. The zero-order valence-corrected chi connectivity index (χ0v) is 11.9. The number of nitrogen functional groups attached to an aromatic ring is 1. The van der Waals surface area contributed by atoms with Gasteiger partial charge in [-0.05, 0) is 36.2 Å². The topological polar surface area (TPSA) is 35.2 Å². The van der Waals surface area contributed by atoms with E-state index >= 15 is 0 Å². The van der Waals surface area contributed by atoms with Crippen LogP contribution in [0.3, 0.4) is 0 Å². The van der Waals surface area contributed by atoms with Crippen LogP contribution in [-0.4, -0.2) is 0 Å². The second kappa shape index (κ2) is 5.91. The van der Waals surface area contributed by atoms with E-state index in [0.29, 0.717) is 6.61 Å². The predicted octanol–water partition coefficient (Wildman–Crippen LogP) is 4.17. The Morgan fingerprint density at radius 1 is 1.11 bits per heavy atom. The number of rotatable bonds is 4. The van der Waals surface area contributed by atoms with Crippen LogP contribution in [0, 0.1) is 0 Å². The van der Waals surface area contributed by atoms with Crippen LogP contribution in [0.25, 0.3) is 0 Å². The van der Waals surface area contributed by atoms with Gasteiger partial charge in [0.1, 0.15) is 12.4 Å². The summed E-state index contributed by atoms with van der Waals surface area (Å²) in [6.45, 7) is 2.67. The average Bonchev–Trinajstić information content (AvgIpc) is 2.38. The minimum atomic E-state index is 0.534. The van der Waals surface area contributed by atoms with Gasteiger partial charge in [0, 0.05) is 15.7 Å². The fraction of sp³-hybridized carbons (Fsp3) is 0.200. The highest BCUT2D eigenvalue weighted by atomic mass is 79.9. The van der Waals surface area contributed by atoms with E-state index in [1.807, 2.05) is 30.3 Å². The second-order valence-corrected chi connectivity index (χ2v) is 4.99. The van der Waals surface area contributed by atoms with E-state index in [0.717, 1.165) is 27.9 Å². The number of ether oxygens (including phenoxy) is 1.